The fourth-order valence-electron chi connectivity index (χ4n) is 3.89. The van der Waals surface area contributed by atoms with Gasteiger partial charge in [0.05, 0.1) is 16.8 Å². The molecular formula is C22H19N3O5S. The zero-order valence-corrected chi connectivity index (χ0v) is 17.6. The van der Waals surface area contributed by atoms with Crippen molar-refractivity contribution in [3.63, 3.8) is 0 Å². The lowest BCUT2D eigenvalue weighted by atomic mass is 9.96. The fourth-order valence-corrected chi connectivity index (χ4v) is 5.15. The second kappa shape index (κ2) is 8.32. The van der Waals surface area contributed by atoms with Crippen LogP contribution in [0.5, 0.6) is 0 Å². The molecule has 0 radical (unpaired) electrons. The molecule has 0 fully saturated rings. The van der Waals surface area contributed by atoms with Crippen molar-refractivity contribution in [2.45, 2.75) is 38.6 Å². The Morgan fingerprint density at radius 2 is 2.00 bits per heavy atom. The molecule has 9 heteroatoms. The van der Waals surface area contributed by atoms with Gasteiger partial charge in [-0.3, -0.25) is 19.3 Å². The number of para-hydroxylation sites is 1. The Morgan fingerprint density at radius 1 is 1.26 bits per heavy atom. The Hall–Kier alpha value is -3.51. The molecule has 0 saturated carbocycles. The third-order valence-corrected chi connectivity index (χ3v) is 6.64. The number of esters is 1. The molecule has 2 aliphatic rings. The van der Waals surface area contributed by atoms with Crippen LogP contribution in [0.1, 0.15) is 46.1 Å². The minimum absolute atomic E-state index is 0.232. The monoisotopic (exact) mass is 437 g/mol. The summed E-state index contributed by atoms with van der Waals surface area (Å²) in [5.74, 6) is -2.87. The van der Waals surface area contributed by atoms with Gasteiger partial charge in [0, 0.05) is 4.88 Å². The fraction of sp³-hybridized carbons (Fsp3) is 0.318. The first-order valence-corrected chi connectivity index (χ1v) is 10.7. The number of carbonyl (C=O) groups is 4. The molecule has 1 aromatic carbocycles. The van der Waals surface area contributed by atoms with Gasteiger partial charge in [-0.15, -0.1) is 11.3 Å². The number of nitrogens with zero attached hydrogens (tertiary/aromatic N) is 2. The first kappa shape index (κ1) is 20.8. The number of ether oxygens (including phenoxy) is 1. The van der Waals surface area contributed by atoms with Gasteiger partial charge in [0.2, 0.25) is 0 Å². The second-order valence-corrected chi connectivity index (χ2v) is 8.49. The van der Waals surface area contributed by atoms with Crippen molar-refractivity contribution in [1.82, 2.24) is 0 Å². The summed E-state index contributed by atoms with van der Waals surface area (Å²) < 4.78 is 5.09. The number of hydrogen-bond acceptors (Lipinski definition) is 7. The number of Topliss-reactive ketones (excluding diaryl/α,β-unsaturated/α-hetero) is 1. The number of nitriles is 1. The molecule has 0 spiro atoms. The van der Waals surface area contributed by atoms with E-state index in [1.54, 1.807) is 18.2 Å². The van der Waals surface area contributed by atoms with E-state index in [-0.39, 0.29) is 5.56 Å². The maximum absolute atomic E-state index is 12.5. The molecule has 1 aliphatic carbocycles. The summed E-state index contributed by atoms with van der Waals surface area (Å²) in [4.78, 5) is 51.4. The van der Waals surface area contributed by atoms with Gasteiger partial charge in [-0.1, -0.05) is 12.1 Å². The number of amides is 2. The molecule has 1 aliphatic heterocycles. The van der Waals surface area contributed by atoms with E-state index in [0.29, 0.717) is 16.3 Å². The van der Waals surface area contributed by atoms with Crippen molar-refractivity contribution in [1.29, 1.82) is 5.26 Å². The van der Waals surface area contributed by atoms with E-state index in [2.05, 4.69) is 11.4 Å². The zero-order valence-electron chi connectivity index (χ0n) is 16.8. The van der Waals surface area contributed by atoms with Crippen LogP contribution < -0.4 is 10.2 Å². The molecule has 1 aromatic heterocycles. The zero-order chi connectivity index (χ0) is 22.1. The van der Waals surface area contributed by atoms with Gasteiger partial charge >= 0.3 is 5.97 Å². The van der Waals surface area contributed by atoms with Crippen molar-refractivity contribution in [2.24, 2.45) is 0 Å². The number of aryl methyl sites for hydroxylation is 1. The molecule has 2 amide bonds. The lowest BCUT2D eigenvalue weighted by Gasteiger charge is -2.22. The molecule has 2 aromatic rings. The van der Waals surface area contributed by atoms with Gasteiger partial charge in [-0.25, -0.2) is 4.79 Å². The molecule has 1 unspecified atom stereocenters. The first-order chi connectivity index (χ1) is 14.9. The first-order valence-electron chi connectivity index (χ1n) is 9.90. The highest BCUT2D eigenvalue weighted by Crippen LogP contribution is 2.37. The van der Waals surface area contributed by atoms with E-state index in [4.69, 9.17) is 4.74 Å². The number of thiophene rings is 1. The summed E-state index contributed by atoms with van der Waals surface area (Å²) in [6.07, 6.45) is 3.78. The summed E-state index contributed by atoms with van der Waals surface area (Å²) in [5, 5.41) is 12.6. The third-order valence-electron chi connectivity index (χ3n) is 5.43. The van der Waals surface area contributed by atoms with Crippen LogP contribution >= 0.6 is 11.3 Å². The molecular weight excluding hydrogens is 418 g/mol. The third kappa shape index (κ3) is 3.70. The highest BCUT2D eigenvalue weighted by molar-refractivity contribution is 7.16. The molecule has 0 bridgehead atoms. The van der Waals surface area contributed by atoms with Crippen LogP contribution in [0.2, 0.25) is 0 Å². The van der Waals surface area contributed by atoms with E-state index in [1.165, 1.54) is 24.3 Å². The summed E-state index contributed by atoms with van der Waals surface area (Å²) in [6, 6.07) is 7.49. The Balaban J connectivity index is 1.40. The number of benzene rings is 1. The van der Waals surface area contributed by atoms with E-state index in [1.807, 2.05) is 0 Å². The van der Waals surface area contributed by atoms with Gasteiger partial charge in [-0.2, -0.15) is 5.26 Å². The highest BCUT2D eigenvalue weighted by atomic mass is 32.1. The predicted octanol–water partition coefficient (Wildman–Crippen LogP) is 2.60. The number of nitrogens with one attached hydrogen (secondary N) is 1. The van der Waals surface area contributed by atoms with E-state index >= 15 is 0 Å². The van der Waals surface area contributed by atoms with E-state index < -0.39 is 36.2 Å². The second-order valence-electron chi connectivity index (χ2n) is 7.38. The van der Waals surface area contributed by atoms with Gasteiger partial charge in [0.25, 0.3) is 17.6 Å². The molecule has 2 heterocycles. The van der Waals surface area contributed by atoms with E-state index in [0.717, 1.165) is 41.0 Å². The number of hydrogen-bond donors (Lipinski definition) is 1. The molecule has 1 atom stereocenters. The Kier molecular flexibility index (Phi) is 5.57. The molecule has 4 rings (SSSR count). The van der Waals surface area contributed by atoms with E-state index in [9.17, 15) is 24.4 Å². The van der Waals surface area contributed by atoms with Crippen molar-refractivity contribution < 1.29 is 23.9 Å². The summed E-state index contributed by atoms with van der Waals surface area (Å²) in [5.41, 5.74) is 2.05. The smallest absolute Gasteiger partial charge is 0.329 e. The SMILES string of the molecule is CC(C(=O)OCC(=O)Nc1sc2c(c1C#N)CCCC2)N1C(=O)C(=O)c2ccccc21. The number of carbonyl (C=O) groups excluding carboxylic acids is 4. The van der Waals surface area contributed by atoms with Gasteiger partial charge < -0.3 is 10.1 Å². The molecule has 158 valence electrons. The van der Waals surface area contributed by atoms with Crippen LogP contribution in [0.4, 0.5) is 10.7 Å². The predicted molar refractivity (Wildman–Crippen MR) is 113 cm³/mol. The average molecular weight is 437 g/mol. The lowest BCUT2D eigenvalue weighted by molar-refractivity contribution is -0.148. The van der Waals surface area contributed by atoms with Crippen molar-refractivity contribution in [3.05, 3.63) is 45.8 Å². The van der Waals surface area contributed by atoms with Crippen LogP contribution in [0, 0.1) is 11.3 Å². The Labute approximate surface area is 182 Å². The maximum atomic E-state index is 12.5. The molecule has 1 N–H and O–H groups in total. The Bertz CT molecular complexity index is 1150. The average Bonchev–Trinajstić information content (AvgIpc) is 3.25. The van der Waals surface area contributed by atoms with Crippen LogP contribution in [0.15, 0.2) is 24.3 Å². The highest BCUT2D eigenvalue weighted by Gasteiger charge is 2.41. The summed E-state index contributed by atoms with van der Waals surface area (Å²) in [7, 11) is 0. The molecule has 31 heavy (non-hydrogen) atoms. The largest absolute Gasteiger partial charge is 0.454 e. The normalized spacial score (nSPS) is 15.7. The van der Waals surface area contributed by atoms with Gasteiger partial charge in [0.1, 0.15) is 17.1 Å². The number of anilines is 2. The van der Waals surface area contributed by atoms with Crippen LogP contribution in [-0.2, 0) is 32.0 Å². The molecule has 8 nitrogen and oxygen atoms in total. The van der Waals surface area contributed by atoms with Crippen LogP contribution in [0.3, 0.4) is 0 Å². The van der Waals surface area contributed by atoms with Gasteiger partial charge in [0.15, 0.2) is 6.61 Å². The van der Waals surface area contributed by atoms with Crippen molar-refractivity contribution in [2.75, 3.05) is 16.8 Å². The Morgan fingerprint density at radius 3 is 2.77 bits per heavy atom. The lowest BCUT2D eigenvalue weighted by Crippen LogP contribution is -2.44. The standard InChI is InChI=1S/C22H19N3O5S/c1-12(25-16-8-4-2-7-14(16)19(27)21(25)28)22(29)30-11-18(26)24-20-15(10-23)13-6-3-5-9-17(13)31-20/h2,4,7-8,12H,3,5-6,9,11H2,1H3,(H,24,26). The molecule has 0 saturated heterocycles. The number of rotatable bonds is 5. The van der Waals surface area contributed by atoms with Crippen LogP contribution in [-0.4, -0.2) is 36.2 Å². The van der Waals surface area contributed by atoms with Gasteiger partial charge in [-0.05, 0) is 50.3 Å². The summed E-state index contributed by atoms with van der Waals surface area (Å²) >= 11 is 1.38. The minimum atomic E-state index is -1.07. The van der Waals surface area contributed by atoms with Crippen molar-refractivity contribution >= 4 is 45.6 Å². The maximum Gasteiger partial charge on any atom is 0.329 e. The van der Waals surface area contributed by atoms with Crippen LogP contribution in [0.25, 0.3) is 0 Å². The summed E-state index contributed by atoms with van der Waals surface area (Å²) in [6.45, 7) is 0.878. The topological polar surface area (TPSA) is 117 Å². The quantitative estimate of drug-likeness (QED) is 0.568. The number of fused-ring (bicyclic) bond motifs is 2. The van der Waals surface area contributed by atoms with Crippen molar-refractivity contribution in [3.8, 4) is 6.07 Å². The minimum Gasteiger partial charge on any atom is -0.454 e. The number of ketones is 1.